The number of aryl methyl sites for hydroxylation is 2. The number of ether oxygens (including phenoxy) is 4. The molecule has 1 atom stereocenters. The fraction of sp³-hybridized carbons (Fsp3) is 0.318. The Morgan fingerprint density at radius 2 is 2.03 bits per heavy atom. The second-order valence-electron chi connectivity index (χ2n) is 7.48. The Balaban J connectivity index is 1.45. The summed E-state index contributed by atoms with van der Waals surface area (Å²) >= 11 is 0. The van der Waals surface area contributed by atoms with Crippen LogP contribution in [0.5, 0.6) is 23.0 Å². The summed E-state index contributed by atoms with van der Waals surface area (Å²) in [7, 11) is 5.13. The van der Waals surface area contributed by atoms with Gasteiger partial charge in [0.15, 0.2) is 23.3 Å². The second-order valence-corrected chi connectivity index (χ2v) is 7.48. The lowest BCUT2D eigenvalue weighted by Crippen LogP contribution is -2.22. The molecule has 31 heavy (non-hydrogen) atoms. The fourth-order valence-corrected chi connectivity index (χ4v) is 3.88. The molecule has 9 nitrogen and oxygen atoms in total. The lowest BCUT2D eigenvalue weighted by molar-refractivity contribution is 0.0865. The van der Waals surface area contributed by atoms with Crippen LogP contribution in [0.15, 0.2) is 36.9 Å². The van der Waals surface area contributed by atoms with Gasteiger partial charge >= 0.3 is 0 Å². The van der Waals surface area contributed by atoms with Gasteiger partial charge in [0.2, 0.25) is 5.75 Å². The van der Waals surface area contributed by atoms with Crippen molar-refractivity contribution in [1.29, 1.82) is 0 Å². The third-order valence-electron chi connectivity index (χ3n) is 5.37. The van der Waals surface area contributed by atoms with Crippen molar-refractivity contribution >= 4 is 11.2 Å². The highest BCUT2D eigenvalue weighted by Gasteiger charge is 2.28. The highest BCUT2D eigenvalue weighted by Crippen LogP contribution is 2.44. The van der Waals surface area contributed by atoms with Gasteiger partial charge in [-0.3, -0.25) is 4.68 Å². The Bertz CT molecular complexity index is 1250. The summed E-state index contributed by atoms with van der Waals surface area (Å²) < 4.78 is 27.0. The second kappa shape index (κ2) is 7.50. The van der Waals surface area contributed by atoms with E-state index in [1.807, 2.05) is 42.9 Å². The van der Waals surface area contributed by atoms with Crippen LogP contribution in [0.3, 0.4) is 0 Å². The molecule has 160 valence electrons. The van der Waals surface area contributed by atoms with Crippen LogP contribution in [0.25, 0.3) is 11.2 Å². The van der Waals surface area contributed by atoms with Gasteiger partial charge < -0.3 is 23.5 Å². The summed E-state index contributed by atoms with van der Waals surface area (Å²) in [5.41, 5.74) is 4.48. The van der Waals surface area contributed by atoms with Crippen LogP contribution in [-0.4, -0.2) is 45.1 Å². The van der Waals surface area contributed by atoms with Gasteiger partial charge in [-0.2, -0.15) is 5.10 Å². The zero-order chi connectivity index (χ0) is 21.5. The summed E-state index contributed by atoms with van der Waals surface area (Å²) in [6.07, 6.45) is 5.17. The maximum Gasteiger partial charge on any atom is 0.204 e. The molecule has 3 aromatic heterocycles. The van der Waals surface area contributed by atoms with Crippen molar-refractivity contribution in [2.45, 2.75) is 19.6 Å². The minimum atomic E-state index is -0.238. The lowest BCUT2D eigenvalue weighted by atomic mass is 10.1. The van der Waals surface area contributed by atoms with Gasteiger partial charge in [-0.15, -0.1) is 0 Å². The van der Waals surface area contributed by atoms with Gasteiger partial charge in [-0.25, -0.2) is 9.97 Å². The number of fused-ring (bicyclic) bond motifs is 2. The number of imidazole rings is 1. The van der Waals surface area contributed by atoms with Gasteiger partial charge in [0.25, 0.3) is 0 Å². The molecule has 0 radical (unpaired) electrons. The van der Waals surface area contributed by atoms with Gasteiger partial charge in [0, 0.05) is 24.9 Å². The van der Waals surface area contributed by atoms with Gasteiger partial charge in [-0.1, -0.05) is 0 Å². The minimum absolute atomic E-state index is 0.238. The van der Waals surface area contributed by atoms with E-state index in [0.29, 0.717) is 36.1 Å². The molecule has 0 saturated heterocycles. The Kier molecular flexibility index (Phi) is 4.65. The molecule has 0 saturated carbocycles. The average Bonchev–Trinajstić information content (AvgIpc) is 3.34. The first kappa shape index (κ1) is 19.2. The van der Waals surface area contributed by atoms with Crippen LogP contribution in [0.1, 0.15) is 22.9 Å². The van der Waals surface area contributed by atoms with E-state index in [1.54, 1.807) is 31.4 Å². The van der Waals surface area contributed by atoms with Crippen molar-refractivity contribution < 1.29 is 18.9 Å². The van der Waals surface area contributed by atoms with E-state index in [1.165, 1.54) is 0 Å². The average molecular weight is 421 g/mol. The van der Waals surface area contributed by atoms with E-state index >= 15 is 0 Å². The van der Waals surface area contributed by atoms with Gasteiger partial charge in [0.05, 0.1) is 39.0 Å². The monoisotopic (exact) mass is 421 g/mol. The van der Waals surface area contributed by atoms with Crippen LogP contribution in [0.2, 0.25) is 0 Å². The number of rotatable bonds is 5. The predicted molar refractivity (Wildman–Crippen MR) is 113 cm³/mol. The molecule has 1 aromatic carbocycles. The largest absolute Gasteiger partial charge is 0.495 e. The Labute approximate surface area is 179 Å². The molecule has 5 rings (SSSR count). The zero-order valence-corrected chi connectivity index (χ0v) is 17.8. The molecule has 0 amide bonds. The van der Waals surface area contributed by atoms with E-state index in [4.69, 9.17) is 18.9 Å². The summed E-state index contributed by atoms with van der Waals surface area (Å²) in [6, 6.07) is 5.79. The van der Waals surface area contributed by atoms with Crippen LogP contribution in [-0.2, 0) is 13.6 Å². The molecular weight excluding hydrogens is 398 g/mol. The molecule has 9 heteroatoms. The number of hydrogen-bond donors (Lipinski definition) is 0. The highest BCUT2D eigenvalue weighted by atomic mass is 16.6. The van der Waals surface area contributed by atoms with E-state index in [9.17, 15) is 0 Å². The molecule has 1 unspecified atom stereocenters. The number of benzene rings is 1. The Hall–Kier alpha value is -3.75. The highest BCUT2D eigenvalue weighted by molar-refractivity contribution is 5.72. The zero-order valence-electron chi connectivity index (χ0n) is 17.8. The number of pyridine rings is 1. The fourth-order valence-electron chi connectivity index (χ4n) is 3.88. The number of aromatic nitrogens is 5. The first-order valence-electron chi connectivity index (χ1n) is 9.91. The summed E-state index contributed by atoms with van der Waals surface area (Å²) in [5, 5.41) is 4.40. The maximum atomic E-state index is 6.27. The quantitative estimate of drug-likeness (QED) is 0.490. The van der Waals surface area contributed by atoms with Gasteiger partial charge in [-0.05, 0) is 24.6 Å². The standard InChI is InChI=1S/C22H23N5O4/c1-13-16(10-26(2)25-13)20-11-30-19-6-14(5-18(29-4)21(19)31-20)9-27-12-24-17-7-15(28-3)8-23-22(17)27/h5-8,10,12,20H,9,11H2,1-4H3. The molecule has 4 heterocycles. The summed E-state index contributed by atoms with van der Waals surface area (Å²) in [5.74, 6) is 2.56. The maximum absolute atomic E-state index is 6.27. The van der Waals surface area contributed by atoms with Crippen molar-refractivity contribution in [3.63, 3.8) is 0 Å². The van der Waals surface area contributed by atoms with Gasteiger partial charge in [0.1, 0.15) is 17.9 Å². The molecule has 1 aliphatic rings. The van der Waals surface area contributed by atoms with E-state index in [-0.39, 0.29) is 6.10 Å². The topological polar surface area (TPSA) is 85.5 Å². The van der Waals surface area contributed by atoms with E-state index < -0.39 is 0 Å². The van der Waals surface area contributed by atoms with Crippen LogP contribution >= 0.6 is 0 Å². The smallest absolute Gasteiger partial charge is 0.204 e. The third-order valence-corrected chi connectivity index (χ3v) is 5.37. The van der Waals surface area contributed by atoms with Crippen molar-refractivity contribution in [2.24, 2.45) is 7.05 Å². The van der Waals surface area contributed by atoms with Crippen molar-refractivity contribution in [3.8, 4) is 23.0 Å². The Morgan fingerprint density at radius 1 is 1.16 bits per heavy atom. The molecule has 0 spiro atoms. The molecule has 4 aromatic rings. The Morgan fingerprint density at radius 3 is 2.77 bits per heavy atom. The van der Waals surface area contributed by atoms with Crippen molar-refractivity contribution in [3.05, 3.63) is 53.7 Å². The number of nitrogens with zero attached hydrogens (tertiary/aromatic N) is 5. The molecular formula is C22H23N5O4. The first-order valence-corrected chi connectivity index (χ1v) is 9.91. The third kappa shape index (κ3) is 3.41. The molecule has 0 aliphatic carbocycles. The normalized spacial score (nSPS) is 15.3. The minimum Gasteiger partial charge on any atom is -0.495 e. The lowest BCUT2D eigenvalue weighted by Gasteiger charge is -2.28. The van der Waals surface area contributed by atoms with Crippen molar-refractivity contribution in [2.75, 3.05) is 20.8 Å². The van der Waals surface area contributed by atoms with Crippen LogP contribution in [0, 0.1) is 6.92 Å². The predicted octanol–water partition coefficient (Wildman–Crippen LogP) is 3.05. The SMILES string of the molecule is COc1cnc2c(c1)ncn2Cc1cc(OC)c2c(c1)OCC(c1cn(C)nc1C)O2. The molecule has 0 bridgehead atoms. The van der Waals surface area contributed by atoms with E-state index in [2.05, 4.69) is 15.1 Å². The first-order chi connectivity index (χ1) is 15.1. The van der Waals surface area contributed by atoms with Crippen LogP contribution < -0.4 is 18.9 Å². The van der Waals surface area contributed by atoms with Crippen molar-refractivity contribution in [1.82, 2.24) is 24.3 Å². The number of hydrogen-bond acceptors (Lipinski definition) is 7. The van der Waals surface area contributed by atoms with E-state index in [0.717, 1.165) is 28.0 Å². The molecule has 0 N–H and O–H groups in total. The molecule has 1 aliphatic heterocycles. The number of methoxy groups -OCH3 is 2. The summed E-state index contributed by atoms with van der Waals surface area (Å²) in [4.78, 5) is 8.90. The van der Waals surface area contributed by atoms with Crippen LogP contribution in [0.4, 0.5) is 0 Å². The summed E-state index contributed by atoms with van der Waals surface area (Å²) in [6.45, 7) is 2.93. The molecule has 0 fully saturated rings.